The average Bonchev–Trinajstić information content (AvgIpc) is 3.38. The third kappa shape index (κ3) is 6.41. The molecule has 0 aliphatic carbocycles. The zero-order chi connectivity index (χ0) is 18.7. The van der Waals surface area contributed by atoms with Crippen LogP contribution in [0.2, 0.25) is 0 Å². The van der Waals surface area contributed by atoms with Crippen LogP contribution < -0.4 is 5.32 Å². The predicted octanol–water partition coefficient (Wildman–Crippen LogP) is 1.96. The first-order valence-corrected chi connectivity index (χ1v) is 9.60. The number of hydrogen-bond donors (Lipinski definition) is 1. The molecule has 1 saturated heterocycles. The van der Waals surface area contributed by atoms with Gasteiger partial charge in [-0.25, -0.2) is 0 Å². The summed E-state index contributed by atoms with van der Waals surface area (Å²) in [7, 11) is 0. The van der Waals surface area contributed by atoms with Crippen LogP contribution in [0.5, 0.6) is 0 Å². The Morgan fingerprint density at radius 1 is 1.26 bits per heavy atom. The van der Waals surface area contributed by atoms with E-state index in [0.29, 0.717) is 13.2 Å². The van der Waals surface area contributed by atoms with Crippen LogP contribution in [0.3, 0.4) is 0 Å². The Balaban J connectivity index is 1.36. The zero-order valence-electron chi connectivity index (χ0n) is 16.0. The lowest BCUT2D eigenvalue weighted by Crippen LogP contribution is -2.52. The van der Waals surface area contributed by atoms with Gasteiger partial charge in [-0.1, -0.05) is 5.16 Å². The lowest BCUT2D eigenvalue weighted by Gasteiger charge is -2.36. The fourth-order valence-electron chi connectivity index (χ4n) is 3.01. The molecule has 0 unspecified atom stereocenters. The molecule has 0 amide bonds. The van der Waals surface area contributed by atoms with Crippen LogP contribution in [-0.2, 0) is 17.9 Å². The second-order valence-electron chi connectivity index (χ2n) is 6.48. The fourth-order valence-corrected chi connectivity index (χ4v) is 3.01. The van der Waals surface area contributed by atoms with Crippen molar-refractivity contribution in [3.05, 3.63) is 42.2 Å². The minimum absolute atomic E-state index is 0.518. The van der Waals surface area contributed by atoms with Crippen LogP contribution in [0, 0.1) is 0 Å². The summed E-state index contributed by atoms with van der Waals surface area (Å²) in [6, 6.07) is 5.71. The molecule has 8 nitrogen and oxygen atoms in total. The van der Waals surface area contributed by atoms with Gasteiger partial charge >= 0.3 is 0 Å². The highest BCUT2D eigenvalue weighted by Crippen LogP contribution is 2.07. The van der Waals surface area contributed by atoms with E-state index in [9.17, 15) is 0 Å². The molecule has 0 spiro atoms. The molecule has 8 heteroatoms. The zero-order valence-corrected chi connectivity index (χ0v) is 16.0. The summed E-state index contributed by atoms with van der Waals surface area (Å²) in [6.07, 6.45) is 4.18. The third-order valence-corrected chi connectivity index (χ3v) is 4.42. The van der Waals surface area contributed by atoms with Crippen LogP contribution in [0.25, 0.3) is 0 Å². The summed E-state index contributed by atoms with van der Waals surface area (Å²) in [4.78, 5) is 9.47. The van der Waals surface area contributed by atoms with E-state index in [1.807, 2.05) is 18.2 Å². The van der Waals surface area contributed by atoms with Crippen molar-refractivity contribution in [3.63, 3.8) is 0 Å². The lowest BCUT2D eigenvalue weighted by atomic mass is 10.3. The summed E-state index contributed by atoms with van der Waals surface area (Å²) in [5, 5.41) is 7.39. The Labute approximate surface area is 160 Å². The van der Waals surface area contributed by atoms with Crippen LogP contribution in [0.1, 0.15) is 24.8 Å². The third-order valence-electron chi connectivity index (χ3n) is 4.42. The number of nitrogens with one attached hydrogen (secondary N) is 1. The highest BCUT2D eigenvalue weighted by Gasteiger charge is 2.20. The molecule has 1 fully saturated rings. The first kappa shape index (κ1) is 19.4. The Hall–Kier alpha value is -2.32. The standard InChI is InChI=1S/C19H29N5O3/c1-2-20-19(21-7-4-12-25-16-18-5-3-13-26-18)24-10-8-23(9-11-24)15-17-6-14-27-22-17/h3,5-6,13-14H,2,4,7-12,15-16H2,1H3,(H,20,21). The first-order valence-electron chi connectivity index (χ1n) is 9.60. The quantitative estimate of drug-likeness (QED) is 0.408. The highest BCUT2D eigenvalue weighted by atomic mass is 16.5. The van der Waals surface area contributed by atoms with Crippen LogP contribution in [0.15, 0.2) is 44.7 Å². The van der Waals surface area contributed by atoms with E-state index in [-0.39, 0.29) is 0 Å². The molecule has 0 saturated carbocycles. The molecule has 1 N–H and O–H groups in total. The second-order valence-corrected chi connectivity index (χ2v) is 6.48. The van der Waals surface area contributed by atoms with Crippen molar-refractivity contribution in [2.75, 3.05) is 45.9 Å². The summed E-state index contributed by atoms with van der Waals surface area (Å²) in [5.74, 6) is 1.85. The second kappa shape index (κ2) is 10.7. The van der Waals surface area contributed by atoms with E-state index in [1.165, 1.54) is 0 Å². The highest BCUT2D eigenvalue weighted by molar-refractivity contribution is 5.80. The van der Waals surface area contributed by atoms with Gasteiger partial charge in [-0.05, 0) is 25.5 Å². The van der Waals surface area contributed by atoms with Gasteiger partial charge in [0, 0.05) is 58.5 Å². The van der Waals surface area contributed by atoms with E-state index < -0.39 is 0 Å². The topological polar surface area (TPSA) is 79.3 Å². The van der Waals surface area contributed by atoms with Crippen LogP contribution >= 0.6 is 0 Å². The maximum Gasteiger partial charge on any atom is 0.194 e. The van der Waals surface area contributed by atoms with Gasteiger partial charge in [0.05, 0.1) is 12.0 Å². The molecule has 0 aromatic carbocycles. The molecule has 2 aromatic rings. The molecule has 0 radical (unpaired) electrons. The van der Waals surface area contributed by atoms with E-state index in [4.69, 9.17) is 18.7 Å². The number of aromatic nitrogens is 1. The molecular formula is C19H29N5O3. The SMILES string of the molecule is CCNC(=NCCCOCc1ccco1)N1CCN(Cc2ccon2)CC1. The Bertz CT molecular complexity index is 649. The van der Waals surface area contributed by atoms with Crippen molar-refractivity contribution < 1.29 is 13.7 Å². The van der Waals surface area contributed by atoms with Gasteiger partial charge in [0.25, 0.3) is 0 Å². The summed E-state index contributed by atoms with van der Waals surface area (Å²) in [6.45, 7) is 9.64. The smallest absolute Gasteiger partial charge is 0.194 e. The van der Waals surface area contributed by atoms with E-state index in [0.717, 1.165) is 69.6 Å². The lowest BCUT2D eigenvalue weighted by molar-refractivity contribution is 0.105. The molecule has 0 bridgehead atoms. The minimum atomic E-state index is 0.518. The Morgan fingerprint density at radius 2 is 2.15 bits per heavy atom. The maximum absolute atomic E-state index is 5.61. The average molecular weight is 375 g/mol. The first-order chi connectivity index (χ1) is 13.3. The molecule has 27 heavy (non-hydrogen) atoms. The summed E-state index contributed by atoms with van der Waals surface area (Å²) in [5.41, 5.74) is 0.985. The van der Waals surface area contributed by atoms with Gasteiger partial charge < -0.3 is 23.9 Å². The monoisotopic (exact) mass is 375 g/mol. The van der Waals surface area contributed by atoms with Crippen molar-refractivity contribution in [3.8, 4) is 0 Å². The van der Waals surface area contributed by atoms with Crippen molar-refractivity contribution in [1.29, 1.82) is 0 Å². The molecule has 1 aliphatic rings. The molecule has 2 aromatic heterocycles. The van der Waals surface area contributed by atoms with E-state index in [2.05, 4.69) is 27.2 Å². The number of guanidine groups is 1. The van der Waals surface area contributed by atoms with Crippen molar-refractivity contribution in [2.45, 2.75) is 26.5 Å². The Kier molecular flexibility index (Phi) is 7.73. The van der Waals surface area contributed by atoms with Gasteiger partial charge in [-0.3, -0.25) is 9.89 Å². The van der Waals surface area contributed by atoms with Crippen LogP contribution in [0.4, 0.5) is 0 Å². The molecular weight excluding hydrogens is 346 g/mol. The van der Waals surface area contributed by atoms with Crippen molar-refractivity contribution in [1.82, 2.24) is 20.3 Å². The van der Waals surface area contributed by atoms with Gasteiger partial charge in [-0.2, -0.15) is 0 Å². The van der Waals surface area contributed by atoms with Gasteiger partial charge in [0.1, 0.15) is 18.6 Å². The summed E-state index contributed by atoms with van der Waals surface area (Å²) < 4.78 is 15.8. The predicted molar refractivity (Wildman–Crippen MR) is 102 cm³/mol. The molecule has 3 rings (SSSR count). The fraction of sp³-hybridized carbons (Fsp3) is 0.579. The molecule has 1 aliphatic heterocycles. The number of aliphatic imine (C=N–C) groups is 1. The normalized spacial score (nSPS) is 16.0. The van der Waals surface area contributed by atoms with Gasteiger partial charge in [-0.15, -0.1) is 0 Å². The van der Waals surface area contributed by atoms with Gasteiger partial charge in [0.2, 0.25) is 0 Å². The number of piperazine rings is 1. The van der Waals surface area contributed by atoms with Crippen LogP contribution in [-0.4, -0.2) is 66.8 Å². The maximum atomic E-state index is 5.61. The number of nitrogens with zero attached hydrogens (tertiary/aromatic N) is 4. The number of ether oxygens (including phenoxy) is 1. The number of furan rings is 1. The minimum Gasteiger partial charge on any atom is -0.467 e. The van der Waals surface area contributed by atoms with Crippen molar-refractivity contribution >= 4 is 5.96 Å². The molecule has 3 heterocycles. The number of hydrogen-bond acceptors (Lipinski definition) is 6. The van der Waals surface area contributed by atoms with Gasteiger partial charge in [0.15, 0.2) is 5.96 Å². The van der Waals surface area contributed by atoms with E-state index >= 15 is 0 Å². The molecule has 148 valence electrons. The largest absolute Gasteiger partial charge is 0.467 e. The van der Waals surface area contributed by atoms with Crippen molar-refractivity contribution in [2.24, 2.45) is 4.99 Å². The number of rotatable bonds is 9. The summed E-state index contributed by atoms with van der Waals surface area (Å²) >= 11 is 0. The molecule has 0 atom stereocenters. The Morgan fingerprint density at radius 3 is 2.85 bits per heavy atom. The van der Waals surface area contributed by atoms with E-state index in [1.54, 1.807) is 12.5 Å².